The number of aryl methyl sites for hydroxylation is 2. The van der Waals surface area contributed by atoms with Crippen LogP contribution < -0.4 is 15.1 Å². The van der Waals surface area contributed by atoms with Crippen molar-refractivity contribution in [2.75, 3.05) is 36.1 Å². The molecular weight excluding hydrogens is 490 g/mol. The van der Waals surface area contributed by atoms with E-state index in [1.54, 1.807) is 17.3 Å². The SMILES string of the molecule is Cc1ccccc1C(C(=O)NC1CCCCC1)N(C(=O)Cn1ccnc1C)c1cccc(N2CCOCC2)c1. The number of morpholine rings is 1. The first-order chi connectivity index (χ1) is 19.0. The number of anilines is 2. The molecule has 1 unspecified atom stereocenters. The van der Waals surface area contributed by atoms with Crippen molar-refractivity contribution in [2.45, 2.75) is 64.6 Å². The van der Waals surface area contributed by atoms with Crippen LogP contribution in [-0.4, -0.2) is 53.7 Å². The molecule has 206 valence electrons. The zero-order chi connectivity index (χ0) is 27.2. The molecule has 0 radical (unpaired) electrons. The van der Waals surface area contributed by atoms with E-state index in [0.717, 1.165) is 61.4 Å². The summed E-state index contributed by atoms with van der Waals surface area (Å²) < 4.78 is 7.38. The highest BCUT2D eigenvalue weighted by Crippen LogP contribution is 2.33. The smallest absolute Gasteiger partial charge is 0.248 e. The van der Waals surface area contributed by atoms with Crippen molar-refractivity contribution in [3.63, 3.8) is 0 Å². The number of aromatic nitrogens is 2. The van der Waals surface area contributed by atoms with E-state index in [9.17, 15) is 9.59 Å². The highest BCUT2D eigenvalue weighted by Gasteiger charge is 2.35. The number of hydrogen-bond acceptors (Lipinski definition) is 5. The number of ether oxygens (including phenoxy) is 1. The Labute approximate surface area is 231 Å². The van der Waals surface area contributed by atoms with E-state index in [-0.39, 0.29) is 24.4 Å². The first kappa shape index (κ1) is 26.9. The molecule has 1 aromatic heterocycles. The fraction of sp³-hybridized carbons (Fsp3) is 0.452. The van der Waals surface area contributed by atoms with Crippen molar-refractivity contribution in [3.05, 3.63) is 77.9 Å². The van der Waals surface area contributed by atoms with Gasteiger partial charge in [0, 0.05) is 42.9 Å². The summed E-state index contributed by atoms with van der Waals surface area (Å²) in [6.07, 6.45) is 8.88. The quantitative estimate of drug-likeness (QED) is 0.463. The lowest BCUT2D eigenvalue weighted by atomic mass is 9.93. The van der Waals surface area contributed by atoms with E-state index >= 15 is 0 Å². The predicted octanol–water partition coefficient (Wildman–Crippen LogP) is 4.56. The molecule has 5 rings (SSSR count). The third-order valence-corrected chi connectivity index (χ3v) is 7.92. The molecule has 2 aromatic carbocycles. The largest absolute Gasteiger partial charge is 0.378 e. The second-order valence-electron chi connectivity index (χ2n) is 10.6. The molecule has 1 N–H and O–H groups in total. The van der Waals surface area contributed by atoms with Gasteiger partial charge in [-0.2, -0.15) is 0 Å². The molecule has 8 nitrogen and oxygen atoms in total. The van der Waals surface area contributed by atoms with E-state index < -0.39 is 6.04 Å². The number of benzene rings is 2. The summed E-state index contributed by atoms with van der Waals surface area (Å²) in [7, 11) is 0. The molecule has 8 heteroatoms. The van der Waals surface area contributed by atoms with Gasteiger partial charge in [-0.25, -0.2) is 4.98 Å². The molecule has 2 amide bonds. The number of amides is 2. The summed E-state index contributed by atoms with van der Waals surface area (Å²) in [6, 6.07) is 15.2. The molecular formula is C31H39N5O3. The first-order valence-electron chi connectivity index (χ1n) is 14.1. The molecule has 1 atom stereocenters. The van der Waals surface area contributed by atoms with Crippen molar-refractivity contribution in [1.82, 2.24) is 14.9 Å². The van der Waals surface area contributed by atoms with E-state index in [0.29, 0.717) is 18.9 Å². The summed E-state index contributed by atoms with van der Waals surface area (Å²) in [4.78, 5) is 36.7. The molecule has 2 aliphatic rings. The van der Waals surface area contributed by atoms with Crippen molar-refractivity contribution >= 4 is 23.2 Å². The maximum atomic E-state index is 14.2. The lowest BCUT2D eigenvalue weighted by molar-refractivity contribution is -0.127. The van der Waals surface area contributed by atoms with Crippen LogP contribution in [0.4, 0.5) is 11.4 Å². The van der Waals surface area contributed by atoms with Gasteiger partial charge in [0.05, 0.1) is 13.2 Å². The Balaban J connectivity index is 1.57. The van der Waals surface area contributed by atoms with Crippen LogP contribution in [0.5, 0.6) is 0 Å². The second kappa shape index (κ2) is 12.5. The number of imidazole rings is 1. The van der Waals surface area contributed by atoms with E-state index in [1.165, 1.54) is 6.42 Å². The van der Waals surface area contributed by atoms with E-state index in [4.69, 9.17) is 4.74 Å². The van der Waals surface area contributed by atoms with Crippen LogP contribution in [0.25, 0.3) is 0 Å². The molecule has 3 aromatic rings. The minimum atomic E-state index is -0.801. The number of rotatable bonds is 8. The van der Waals surface area contributed by atoms with Crippen molar-refractivity contribution in [3.8, 4) is 0 Å². The van der Waals surface area contributed by atoms with Gasteiger partial charge in [0.25, 0.3) is 0 Å². The summed E-state index contributed by atoms with van der Waals surface area (Å²) in [5.74, 6) is 0.454. The molecule has 1 aliphatic heterocycles. The lowest BCUT2D eigenvalue weighted by Crippen LogP contribution is -2.48. The summed E-state index contributed by atoms with van der Waals surface area (Å²) in [5, 5.41) is 3.32. The van der Waals surface area contributed by atoms with Gasteiger partial charge in [0.2, 0.25) is 11.8 Å². The summed E-state index contributed by atoms with van der Waals surface area (Å²) in [5.41, 5.74) is 3.53. The van der Waals surface area contributed by atoms with Crippen molar-refractivity contribution in [1.29, 1.82) is 0 Å². The van der Waals surface area contributed by atoms with Crippen molar-refractivity contribution in [2.24, 2.45) is 0 Å². The van der Waals surface area contributed by atoms with Gasteiger partial charge in [0.15, 0.2) is 0 Å². The lowest BCUT2D eigenvalue weighted by Gasteiger charge is -2.35. The van der Waals surface area contributed by atoms with Gasteiger partial charge >= 0.3 is 0 Å². The minimum Gasteiger partial charge on any atom is -0.378 e. The number of nitrogens with one attached hydrogen (secondary N) is 1. The molecule has 0 bridgehead atoms. The van der Waals surface area contributed by atoms with Gasteiger partial charge in [-0.05, 0) is 56.0 Å². The normalized spacial score (nSPS) is 17.0. The third-order valence-electron chi connectivity index (χ3n) is 7.92. The Bertz CT molecular complexity index is 1280. The minimum absolute atomic E-state index is 0.0900. The van der Waals surface area contributed by atoms with Gasteiger partial charge in [-0.1, -0.05) is 49.6 Å². The van der Waals surface area contributed by atoms with Crippen LogP contribution >= 0.6 is 0 Å². The van der Waals surface area contributed by atoms with Crippen LogP contribution in [0.2, 0.25) is 0 Å². The Kier molecular flexibility index (Phi) is 8.61. The number of hydrogen-bond donors (Lipinski definition) is 1. The average Bonchev–Trinajstić information content (AvgIpc) is 3.37. The first-order valence-corrected chi connectivity index (χ1v) is 14.1. The predicted molar refractivity (Wildman–Crippen MR) is 153 cm³/mol. The molecule has 39 heavy (non-hydrogen) atoms. The Hall–Kier alpha value is -3.65. The number of nitrogens with zero attached hydrogens (tertiary/aromatic N) is 4. The molecule has 1 saturated heterocycles. The maximum absolute atomic E-state index is 14.2. The van der Waals surface area contributed by atoms with Gasteiger partial charge in [-0.3, -0.25) is 14.5 Å². The molecule has 2 fully saturated rings. The average molecular weight is 530 g/mol. The topological polar surface area (TPSA) is 79.7 Å². The molecule has 2 heterocycles. The van der Waals surface area contributed by atoms with Crippen LogP contribution in [0.1, 0.15) is 55.1 Å². The molecule has 0 spiro atoms. The monoisotopic (exact) mass is 529 g/mol. The standard InChI is InChI=1S/C31H39N5O3/c1-23-9-6-7-14-28(23)30(31(38)33-25-10-4-3-5-11-25)36(29(37)22-35-16-15-32-24(35)2)27-13-8-12-26(21-27)34-17-19-39-20-18-34/h6-9,12-16,21,25,30H,3-5,10-11,17-20,22H2,1-2H3,(H,33,38). The van der Waals surface area contributed by atoms with E-state index in [2.05, 4.69) is 21.3 Å². The highest BCUT2D eigenvalue weighted by atomic mass is 16.5. The number of carbonyl (C=O) groups excluding carboxylic acids is 2. The maximum Gasteiger partial charge on any atom is 0.248 e. The van der Waals surface area contributed by atoms with Gasteiger partial charge in [-0.15, -0.1) is 0 Å². The second-order valence-corrected chi connectivity index (χ2v) is 10.6. The molecule has 1 saturated carbocycles. The number of carbonyl (C=O) groups is 2. The summed E-state index contributed by atoms with van der Waals surface area (Å²) >= 11 is 0. The Morgan fingerprint density at radius 1 is 1.05 bits per heavy atom. The third kappa shape index (κ3) is 6.33. The van der Waals surface area contributed by atoms with Crippen LogP contribution in [0.3, 0.4) is 0 Å². The van der Waals surface area contributed by atoms with Gasteiger partial charge < -0.3 is 19.5 Å². The zero-order valence-electron chi connectivity index (χ0n) is 23.0. The fourth-order valence-electron chi connectivity index (χ4n) is 5.71. The fourth-order valence-corrected chi connectivity index (χ4v) is 5.71. The van der Waals surface area contributed by atoms with Crippen LogP contribution in [0.15, 0.2) is 60.9 Å². The molecule has 1 aliphatic carbocycles. The van der Waals surface area contributed by atoms with Crippen LogP contribution in [0, 0.1) is 13.8 Å². The van der Waals surface area contributed by atoms with Crippen molar-refractivity contribution < 1.29 is 14.3 Å². The van der Waals surface area contributed by atoms with Gasteiger partial charge in [0.1, 0.15) is 18.4 Å². The Morgan fingerprint density at radius 3 is 2.54 bits per heavy atom. The van der Waals surface area contributed by atoms with Crippen LogP contribution in [-0.2, 0) is 20.9 Å². The highest BCUT2D eigenvalue weighted by molar-refractivity contribution is 6.01. The Morgan fingerprint density at radius 2 is 1.82 bits per heavy atom. The zero-order valence-corrected chi connectivity index (χ0v) is 23.0. The summed E-state index contributed by atoms with van der Waals surface area (Å²) in [6.45, 7) is 6.88. The van der Waals surface area contributed by atoms with E-state index in [1.807, 2.05) is 60.9 Å².